The molecule has 0 saturated heterocycles. The van der Waals surface area contributed by atoms with Gasteiger partial charge in [0, 0.05) is 11.6 Å². The second-order valence-corrected chi connectivity index (χ2v) is 11.9. The number of sulfone groups is 1. The van der Waals surface area contributed by atoms with E-state index < -0.39 is 25.8 Å². The number of carbonyl (C=O) groups is 1. The first kappa shape index (κ1) is 23.0. The third kappa shape index (κ3) is 4.26. The van der Waals surface area contributed by atoms with E-state index in [0.29, 0.717) is 12.1 Å². The summed E-state index contributed by atoms with van der Waals surface area (Å²) in [6.45, 7) is 3.37. The second-order valence-electron chi connectivity index (χ2n) is 7.86. The number of nitrogens with one attached hydrogen (secondary N) is 1. The molecule has 1 aliphatic heterocycles. The Bertz CT molecular complexity index is 1430. The molecule has 1 amide bonds. The zero-order valence-electron chi connectivity index (χ0n) is 18.2. The van der Waals surface area contributed by atoms with Gasteiger partial charge in [-0.3, -0.25) is 9.10 Å². The summed E-state index contributed by atoms with van der Waals surface area (Å²) in [6, 6.07) is 19.0. The monoisotopic (exact) mass is 484 g/mol. The van der Waals surface area contributed by atoms with Gasteiger partial charge in [-0.25, -0.2) is 16.8 Å². The molecule has 1 heterocycles. The van der Waals surface area contributed by atoms with E-state index in [1.54, 1.807) is 24.3 Å². The molecule has 1 unspecified atom stereocenters. The molecule has 0 spiro atoms. The molecule has 33 heavy (non-hydrogen) atoms. The normalized spacial score (nSPS) is 15.8. The highest BCUT2D eigenvalue weighted by Gasteiger charge is 2.36. The lowest BCUT2D eigenvalue weighted by molar-refractivity contribution is 0.102. The van der Waals surface area contributed by atoms with Crippen LogP contribution < -0.4 is 9.62 Å². The summed E-state index contributed by atoms with van der Waals surface area (Å²) in [5.41, 5.74) is 1.86. The number of hydrogen-bond acceptors (Lipinski definition) is 5. The van der Waals surface area contributed by atoms with Gasteiger partial charge >= 0.3 is 0 Å². The summed E-state index contributed by atoms with van der Waals surface area (Å²) in [5.74, 6) is -0.705. The number of para-hydroxylation sites is 2. The van der Waals surface area contributed by atoms with Gasteiger partial charge in [-0.1, -0.05) is 43.3 Å². The summed E-state index contributed by atoms with van der Waals surface area (Å²) in [7, 11) is -7.46. The average molecular weight is 485 g/mol. The minimum atomic E-state index is -3.91. The van der Waals surface area contributed by atoms with Gasteiger partial charge in [-0.15, -0.1) is 0 Å². The zero-order chi connectivity index (χ0) is 23.8. The fourth-order valence-electron chi connectivity index (χ4n) is 4.01. The van der Waals surface area contributed by atoms with Crippen LogP contribution in [-0.4, -0.2) is 34.5 Å². The van der Waals surface area contributed by atoms with Gasteiger partial charge in [0.1, 0.15) is 0 Å². The van der Waals surface area contributed by atoms with Gasteiger partial charge in [0.15, 0.2) is 9.84 Å². The molecule has 0 bridgehead atoms. The van der Waals surface area contributed by atoms with E-state index in [1.807, 2.05) is 19.1 Å². The first-order valence-electron chi connectivity index (χ1n) is 10.5. The predicted molar refractivity (Wildman–Crippen MR) is 128 cm³/mol. The van der Waals surface area contributed by atoms with Crippen molar-refractivity contribution in [2.24, 2.45) is 0 Å². The Labute approximate surface area is 194 Å². The number of benzene rings is 3. The number of amides is 1. The highest BCUT2D eigenvalue weighted by atomic mass is 32.2. The quantitative estimate of drug-likeness (QED) is 0.572. The Morgan fingerprint density at radius 2 is 1.67 bits per heavy atom. The van der Waals surface area contributed by atoms with Crippen LogP contribution in [0.1, 0.15) is 29.8 Å². The number of anilines is 2. The summed E-state index contributed by atoms with van der Waals surface area (Å²) >= 11 is 0. The highest BCUT2D eigenvalue weighted by Crippen LogP contribution is 2.36. The largest absolute Gasteiger partial charge is 0.321 e. The Kier molecular flexibility index (Phi) is 6.02. The summed E-state index contributed by atoms with van der Waals surface area (Å²) in [4.78, 5) is 12.9. The number of carbonyl (C=O) groups excluding carboxylic acids is 1. The van der Waals surface area contributed by atoms with Gasteiger partial charge in [0.25, 0.3) is 15.9 Å². The van der Waals surface area contributed by atoms with Crippen LogP contribution in [0.25, 0.3) is 0 Å². The fraction of sp³-hybridized carbons (Fsp3) is 0.208. The highest BCUT2D eigenvalue weighted by molar-refractivity contribution is 7.93. The molecule has 0 radical (unpaired) electrons. The molecule has 0 aliphatic carbocycles. The van der Waals surface area contributed by atoms with Crippen LogP contribution in [0.3, 0.4) is 0 Å². The SMILES string of the molecule is CCS(=O)(=O)c1ccccc1NC(=O)c1cccc(S(=O)(=O)N2c3ccccc3CC2C)c1. The molecule has 1 atom stereocenters. The van der Waals surface area contributed by atoms with Gasteiger partial charge in [0.05, 0.1) is 26.9 Å². The van der Waals surface area contributed by atoms with Crippen molar-refractivity contribution in [1.82, 2.24) is 0 Å². The van der Waals surface area contributed by atoms with Gasteiger partial charge in [-0.2, -0.15) is 0 Å². The predicted octanol–water partition coefficient (Wildman–Crippen LogP) is 3.87. The first-order chi connectivity index (χ1) is 15.6. The van der Waals surface area contributed by atoms with Gasteiger partial charge in [0.2, 0.25) is 0 Å². The van der Waals surface area contributed by atoms with Crippen molar-refractivity contribution < 1.29 is 21.6 Å². The van der Waals surface area contributed by atoms with E-state index in [2.05, 4.69) is 5.32 Å². The maximum Gasteiger partial charge on any atom is 0.264 e. The molecule has 3 aromatic rings. The third-order valence-corrected chi connectivity index (χ3v) is 9.36. The van der Waals surface area contributed by atoms with Crippen LogP contribution in [0.15, 0.2) is 82.6 Å². The molecule has 3 aromatic carbocycles. The number of hydrogen-bond donors (Lipinski definition) is 1. The van der Waals surface area contributed by atoms with Crippen molar-refractivity contribution in [2.45, 2.75) is 36.1 Å². The van der Waals surface area contributed by atoms with Crippen molar-refractivity contribution in [2.75, 3.05) is 15.4 Å². The van der Waals surface area contributed by atoms with Crippen LogP contribution in [0.4, 0.5) is 11.4 Å². The third-order valence-electron chi connectivity index (χ3n) is 5.65. The van der Waals surface area contributed by atoms with Crippen LogP contribution in [-0.2, 0) is 26.3 Å². The van der Waals surface area contributed by atoms with Crippen molar-refractivity contribution in [1.29, 1.82) is 0 Å². The lowest BCUT2D eigenvalue weighted by atomic mass is 10.1. The van der Waals surface area contributed by atoms with Gasteiger partial charge < -0.3 is 5.32 Å². The Balaban J connectivity index is 1.67. The molecule has 1 N–H and O–H groups in total. The standard InChI is InChI=1S/C24H24N2O5S2/c1-3-32(28,29)23-14-7-5-12-21(23)25-24(27)19-10-8-11-20(16-19)33(30,31)26-17(2)15-18-9-4-6-13-22(18)26/h4-14,16-17H,3,15H2,1-2H3,(H,25,27). The number of fused-ring (bicyclic) bond motifs is 1. The molecule has 0 fully saturated rings. The fourth-order valence-corrected chi connectivity index (χ4v) is 6.80. The van der Waals surface area contributed by atoms with Crippen molar-refractivity contribution >= 4 is 37.1 Å². The molecule has 9 heteroatoms. The summed E-state index contributed by atoms with van der Waals surface area (Å²) < 4.78 is 53.1. The molecule has 1 aliphatic rings. The second kappa shape index (κ2) is 8.64. The molecule has 0 aromatic heterocycles. The molecule has 4 rings (SSSR count). The van der Waals surface area contributed by atoms with E-state index in [1.165, 1.54) is 47.6 Å². The summed E-state index contributed by atoms with van der Waals surface area (Å²) in [6.07, 6.45) is 0.609. The minimum absolute atomic E-state index is 0.00633. The maximum atomic E-state index is 13.5. The maximum absolute atomic E-state index is 13.5. The molecule has 0 saturated carbocycles. The minimum Gasteiger partial charge on any atom is -0.321 e. The topological polar surface area (TPSA) is 101 Å². The first-order valence-corrected chi connectivity index (χ1v) is 13.6. The van der Waals surface area contributed by atoms with Crippen molar-refractivity contribution in [3.8, 4) is 0 Å². The molecular weight excluding hydrogens is 460 g/mol. The van der Waals surface area contributed by atoms with E-state index in [0.717, 1.165) is 5.56 Å². The average Bonchev–Trinajstić information content (AvgIpc) is 3.15. The number of rotatable bonds is 6. The Morgan fingerprint density at radius 1 is 0.970 bits per heavy atom. The zero-order valence-corrected chi connectivity index (χ0v) is 19.9. The van der Waals surface area contributed by atoms with E-state index in [9.17, 15) is 21.6 Å². The Hall–Kier alpha value is -3.17. The van der Waals surface area contributed by atoms with E-state index >= 15 is 0 Å². The van der Waals surface area contributed by atoms with Crippen LogP contribution in [0, 0.1) is 0 Å². The van der Waals surface area contributed by atoms with Crippen LogP contribution >= 0.6 is 0 Å². The number of nitrogens with zero attached hydrogens (tertiary/aromatic N) is 1. The molecular formula is C24H24N2O5S2. The number of sulfonamides is 1. The lowest BCUT2D eigenvalue weighted by Crippen LogP contribution is -2.35. The van der Waals surface area contributed by atoms with Gasteiger partial charge in [-0.05, 0) is 55.3 Å². The molecule has 7 nitrogen and oxygen atoms in total. The smallest absolute Gasteiger partial charge is 0.264 e. The van der Waals surface area contributed by atoms with Crippen LogP contribution in [0.2, 0.25) is 0 Å². The van der Waals surface area contributed by atoms with Crippen molar-refractivity contribution in [3.63, 3.8) is 0 Å². The lowest BCUT2D eigenvalue weighted by Gasteiger charge is -2.24. The van der Waals surface area contributed by atoms with E-state index in [-0.39, 0.29) is 32.8 Å². The molecule has 172 valence electrons. The van der Waals surface area contributed by atoms with E-state index in [4.69, 9.17) is 0 Å². The van der Waals surface area contributed by atoms with Crippen molar-refractivity contribution in [3.05, 3.63) is 83.9 Å². The summed E-state index contributed by atoms with van der Waals surface area (Å²) in [5, 5.41) is 2.61. The Morgan fingerprint density at radius 3 is 2.42 bits per heavy atom. The van der Waals surface area contributed by atoms with Crippen LogP contribution in [0.5, 0.6) is 0 Å².